The Balaban J connectivity index is 1.55. The second-order valence-corrected chi connectivity index (χ2v) is 10.4. The molecule has 0 spiro atoms. The average Bonchev–Trinajstić information content (AvgIpc) is 3.02. The van der Waals surface area contributed by atoms with Crippen LogP contribution in [-0.4, -0.2) is 0 Å². The summed E-state index contributed by atoms with van der Waals surface area (Å²) in [5.74, 6) is 0.938. The van der Waals surface area contributed by atoms with Gasteiger partial charge in [0.1, 0.15) is 0 Å². The Hall–Kier alpha value is -3.64. The van der Waals surface area contributed by atoms with Crippen molar-refractivity contribution in [1.82, 2.24) is 0 Å². The Bertz CT molecular complexity index is 1430. The van der Waals surface area contributed by atoms with Crippen LogP contribution in [0.1, 0.15) is 59.1 Å². The summed E-state index contributed by atoms with van der Waals surface area (Å²) in [5.41, 5.74) is 15.3. The maximum Gasteiger partial charge on any atom is 0.0101 e. The average molecular weight is 453 g/mol. The number of aryl methyl sites for hydroxylation is 2. The molecule has 0 heterocycles. The summed E-state index contributed by atoms with van der Waals surface area (Å²) < 4.78 is 0. The fourth-order valence-corrected chi connectivity index (χ4v) is 5.98. The molecule has 0 saturated carbocycles. The normalized spacial score (nSPS) is 19.1. The van der Waals surface area contributed by atoms with Gasteiger partial charge in [-0.3, -0.25) is 0 Å². The van der Waals surface area contributed by atoms with E-state index in [1.165, 1.54) is 61.2 Å². The van der Waals surface area contributed by atoms with Gasteiger partial charge in [0, 0.05) is 5.92 Å². The first-order valence-electron chi connectivity index (χ1n) is 12.8. The minimum Gasteiger partial charge on any atom is -0.0729 e. The molecular formula is C35H32. The lowest BCUT2D eigenvalue weighted by Gasteiger charge is -2.25. The molecule has 2 aliphatic rings. The van der Waals surface area contributed by atoms with Crippen LogP contribution in [0.4, 0.5) is 0 Å². The van der Waals surface area contributed by atoms with Crippen molar-refractivity contribution < 1.29 is 0 Å². The summed E-state index contributed by atoms with van der Waals surface area (Å²) in [6.07, 6.45) is 4.83. The molecule has 0 aliphatic heterocycles. The summed E-state index contributed by atoms with van der Waals surface area (Å²) in [4.78, 5) is 0. The molecule has 0 saturated heterocycles. The summed E-state index contributed by atoms with van der Waals surface area (Å²) in [6, 6.07) is 36.3. The molecule has 2 atom stereocenters. The van der Waals surface area contributed by atoms with Crippen molar-refractivity contribution in [3.8, 4) is 11.1 Å². The van der Waals surface area contributed by atoms with E-state index in [9.17, 15) is 0 Å². The predicted molar refractivity (Wildman–Crippen MR) is 149 cm³/mol. The van der Waals surface area contributed by atoms with Gasteiger partial charge in [-0.25, -0.2) is 0 Å². The van der Waals surface area contributed by atoms with Crippen molar-refractivity contribution in [3.05, 3.63) is 142 Å². The number of fused-ring (bicyclic) bond motifs is 4. The van der Waals surface area contributed by atoms with Crippen LogP contribution in [0.3, 0.4) is 0 Å². The molecule has 2 bridgehead atoms. The van der Waals surface area contributed by atoms with Gasteiger partial charge in [-0.1, -0.05) is 108 Å². The van der Waals surface area contributed by atoms with Crippen LogP contribution in [0, 0.1) is 19.8 Å². The van der Waals surface area contributed by atoms with Gasteiger partial charge in [-0.05, 0) is 95.7 Å². The zero-order valence-electron chi connectivity index (χ0n) is 20.9. The zero-order valence-corrected chi connectivity index (χ0v) is 20.9. The highest BCUT2D eigenvalue weighted by Gasteiger charge is 2.32. The smallest absolute Gasteiger partial charge is 0.0101 e. The van der Waals surface area contributed by atoms with Crippen molar-refractivity contribution in [3.63, 3.8) is 0 Å². The molecule has 2 aliphatic carbocycles. The van der Waals surface area contributed by atoms with Crippen LogP contribution in [0.5, 0.6) is 0 Å². The minimum absolute atomic E-state index is 0.405. The van der Waals surface area contributed by atoms with E-state index in [1.54, 1.807) is 0 Å². The standard InChI is InChI=1S/C35H32/c1-23-9-13-27(14-10-23)30-17-18-31-34(28-7-5-4-6-8-28)21-26-19-32(29-15-11-24(2)12-16-29)25(3)33(20-26)35(31)22-30/h4-19,22,26,34H,20-21H2,1-3H3. The van der Waals surface area contributed by atoms with Crippen LogP contribution in [0.2, 0.25) is 0 Å². The second kappa shape index (κ2) is 8.86. The first-order valence-corrected chi connectivity index (χ1v) is 12.8. The maximum atomic E-state index is 2.56. The van der Waals surface area contributed by atoms with Gasteiger partial charge in [0.15, 0.2) is 0 Å². The molecule has 4 aromatic carbocycles. The third-order valence-corrected chi connectivity index (χ3v) is 7.97. The molecule has 0 aromatic heterocycles. The lowest BCUT2D eigenvalue weighted by molar-refractivity contribution is 0.567. The van der Waals surface area contributed by atoms with E-state index in [0.29, 0.717) is 11.8 Å². The summed E-state index contributed by atoms with van der Waals surface area (Å²) in [5, 5.41) is 0. The first kappa shape index (κ1) is 21.9. The monoisotopic (exact) mass is 452 g/mol. The van der Waals surface area contributed by atoms with Gasteiger partial charge in [-0.2, -0.15) is 0 Å². The van der Waals surface area contributed by atoms with Crippen molar-refractivity contribution in [2.24, 2.45) is 5.92 Å². The van der Waals surface area contributed by atoms with Gasteiger partial charge >= 0.3 is 0 Å². The van der Waals surface area contributed by atoms with E-state index >= 15 is 0 Å². The van der Waals surface area contributed by atoms with Gasteiger partial charge in [0.2, 0.25) is 0 Å². The van der Waals surface area contributed by atoms with E-state index in [1.807, 2.05) is 0 Å². The summed E-state index contributed by atoms with van der Waals surface area (Å²) in [7, 11) is 0. The Labute approximate surface area is 209 Å². The molecule has 0 N–H and O–H groups in total. The van der Waals surface area contributed by atoms with Gasteiger partial charge in [0.25, 0.3) is 0 Å². The van der Waals surface area contributed by atoms with Crippen molar-refractivity contribution in [2.75, 3.05) is 0 Å². The number of rotatable bonds is 3. The molecule has 0 fully saturated rings. The SMILES string of the molecule is CC1=C2CC(C=C1c1ccc(C)cc1)CC(c1ccccc1)c1ccc(-c3ccc(C)cc3)cc12. The molecule has 172 valence electrons. The topological polar surface area (TPSA) is 0 Å². The summed E-state index contributed by atoms with van der Waals surface area (Å²) >= 11 is 0. The molecule has 2 unspecified atom stereocenters. The lowest BCUT2D eigenvalue weighted by atomic mass is 9.79. The second-order valence-electron chi connectivity index (χ2n) is 10.4. The highest BCUT2D eigenvalue weighted by atomic mass is 14.4. The lowest BCUT2D eigenvalue weighted by Crippen LogP contribution is -2.08. The zero-order chi connectivity index (χ0) is 23.9. The highest BCUT2D eigenvalue weighted by molar-refractivity contribution is 5.93. The van der Waals surface area contributed by atoms with E-state index in [4.69, 9.17) is 0 Å². The Kier molecular flexibility index (Phi) is 5.53. The van der Waals surface area contributed by atoms with Crippen LogP contribution in [0.25, 0.3) is 22.3 Å². The van der Waals surface area contributed by atoms with Gasteiger partial charge in [0.05, 0.1) is 0 Å². The van der Waals surface area contributed by atoms with E-state index in [0.717, 1.165) is 12.8 Å². The van der Waals surface area contributed by atoms with E-state index in [2.05, 4.69) is 124 Å². The maximum absolute atomic E-state index is 2.56. The Morgan fingerprint density at radius 1 is 0.629 bits per heavy atom. The minimum atomic E-state index is 0.405. The van der Waals surface area contributed by atoms with Gasteiger partial charge in [-0.15, -0.1) is 0 Å². The fourth-order valence-electron chi connectivity index (χ4n) is 5.98. The largest absolute Gasteiger partial charge is 0.0729 e. The Morgan fingerprint density at radius 2 is 1.26 bits per heavy atom. The number of allylic oxidation sites excluding steroid dienone is 4. The molecule has 0 nitrogen and oxygen atoms in total. The quantitative estimate of drug-likeness (QED) is 0.290. The number of hydrogen-bond donors (Lipinski definition) is 0. The van der Waals surface area contributed by atoms with Crippen molar-refractivity contribution in [1.29, 1.82) is 0 Å². The molecule has 0 radical (unpaired) electrons. The third-order valence-electron chi connectivity index (χ3n) is 7.97. The predicted octanol–water partition coefficient (Wildman–Crippen LogP) is 9.38. The van der Waals surface area contributed by atoms with E-state index in [-0.39, 0.29) is 0 Å². The van der Waals surface area contributed by atoms with Crippen LogP contribution in [-0.2, 0) is 0 Å². The van der Waals surface area contributed by atoms with Crippen molar-refractivity contribution in [2.45, 2.75) is 39.5 Å². The first-order chi connectivity index (χ1) is 17.1. The molecule has 0 amide bonds. The van der Waals surface area contributed by atoms with Crippen LogP contribution in [0.15, 0.2) is 109 Å². The van der Waals surface area contributed by atoms with Crippen molar-refractivity contribution >= 4 is 11.1 Å². The molecular weight excluding hydrogens is 420 g/mol. The molecule has 6 rings (SSSR count). The highest BCUT2D eigenvalue weighted by Crippen LogP contribution is 2.49. The number of benzene rings is 4. The van der Waals surface area contributed by atoms with E-state index < -0.39 is 0 Å². The molecule has 4 aromatic rings. The number of hydrogen-bond acceptors (Lipinski definition) is 0. The Morgan fingerprint density at radius 3 is 1.94 bits per heavy atom. The molecule has 0 heteroatoms. The van der Waals surface area contributed by atoms with Crippen LogP contribution >= 0.6 is 0 Å². The third kappa shape index (κ3) is 4.08. The summed E-state index contributed by atoms with van der Waals surface area (Å²) in [6.45, 7) is 6.65. The van der Waals surface area contributed by atoms with Gasteiger partial charge < -0.3 is 0 Å². The molecule has 35 heavy (non-hydrogen) atoms. The van der Waals surface area contributed by atoms with Crippen LogP contribution < -0.4 is 0 Å². The fraction of sp³-hybridized carbons (Fsp3) is 0.200.